The quantitative estimate of drug-likeness (QED) is 0.161. The predicted octanol–water partition coefficient (Wildman–Crippen LogP) is 7.70. The van der Waals surface area contributed by atoms with E-state index >= 15 is 0 Å². The van der Waals surface area contributed by atoms with Crippen molar-refractivity contribution in [3.63, 3.8) is 0 Å². The van der Waals surface area contributed by atoms with Gasteiger partial charge in [-0.2, -0.15) is 0 Å². The highest BCUT2D eigenvalue weighted by Gasteiger charge is 2.39. The summed E-state index contributed by atoms with van der Waals surface area (Å²) in [6.45, 7) is 4.77. The van der Waals surface area contributed by atoms with E-state index in [1.54, 1.807) is 14.2 Å². The van der Waals surface area contributed by atoms with Crippen LogP contribution in [0.25, 0.3) is 11.1 Å². The van der Waals surface area contributed by atoms with Crippen molar-refractivity contribution in [3.8, 4) is 22.6 Å². The van der Waals surface area contributed by atoms with Crippen LogP contribution in [0.4, 0.5) is 0 Å². The lowest BCUT2D eigenvalue weighted by atomic mass is 9.89. The Kier molecular flexibility index (Phi) is 11.6. The maximum atomic E-state index is 12.2. The minimum absolute atomic E-state index is 0.0163. The number of carbonyl (C=O) groups excluding carboxylic acids is 1. The second-order valence-electron chi connectivity index (χ2n) is 12.7. The van der Waals surface area contributed by atoms with Crippen LogP contribution in [-0.4, -0.2) is 53.1 Å². The van der Waals surface area contributed by atoms with Crippen molar-refractivity contribution in [2.75, 3.05) is 27.3 Å². The summed E-state index contributed by atoms with van der Waals surface area (Å²) in [5.41, 5.74) is 8.07. The van der Waals surface area contributed by atoms with Gasteiger partial charge in [-0.15, -0.1) is 0 Å². The molecule has 2 heterocycles. The van der Waals surface area contributed by atoms with E-state index in [4.69, 9.17) is 53.8 Å². The maximum absolute atomic E-state index is 12.2. The van der Waals surface area contributed by atoms with Gasteiger partial charge < -0.3 is 29.4 Å². The number of hydrogen-bond donors (Lipinski definition) is 2. The third-order valence-corrected chi connectivity index (χ3v) is 10.1. The van der Waals surface area contributed by atoms with Crippen molar-refractivity contribution in [1.29, 1.82) is 0 Å². The van der Waals surface area contributed by atoms with Crippen LogP contribution in [0, 0.1) is 5.92 Å². The lowest BCUT2D eigenvalue weighted by Gasteiger charge is -2.43. The smallest absolute Gasteiger partial charge is 0.272 e. The van der Waals surface area contributed by atoms with Crippen molar-refractivity contribution in [2.24, 2.45) is 5.92 Å². The van der Waals surface area contributed by atoms with Gasteiger partial charge in [0, 0.05) is 37.7 Å². The molecule has 4 aromatic carbocycles. The zero-order chi connectivity index (χ0) is 35.4. The lowest BCUT2D eigenvalue weighted by Crippen LogP contribution is -2.45. The number of ether oxygens (including phenoxy) is 4. The number of nitrogens with one attached hydrogen (secondary N) is 1. The number of halogens is 3. The Morgan fingerprint density at radius 2 is 1.58 bits per heavy atom. The highest BCUT2D eigenvalue weighted by atomic mass is 35.6. The fraction of sp³-hybridized carbons (Fsp3) is 0.359. The van der Waals surface area contributed by atoms with Crippen molar-refractivity contribution >= 4 is 40.7 Å². The van der Waals surface area contributed by atoms with Gasteiger partial charge in [-0.25, -0.2) is 0 Å². The van der Waals surface area contributed by atoms with Crippen LogP contribution in [0.2, 0.25) is 0 Å². The predicted molar refractivity (Wildman–Crippen MR) is 196 cm³/mol. The van der Waals surface area contributed by atoms with E-state index in [-0.39, 0.29) is 31.3 Å². The van der Waals surface area contributed by atoms with E-state index in [0.717, 1.165) is 70.9 Å². The maximum Gasteiger partial charge on any atom is 0.272 e. The van der Waals surface area contributed by atoms with E-state index < -0.39 is 16.0 Å². The molecule has 50 heavy (non-hydrogen) atoms. The van der Waals surface area contributed by atoms with Crippen LogP contribution in [0.15, 0.2) is 84.9 Å². The van der Waals surface area contributed by atoms with Gasteiger partial charge in [0.05, 0.1) is 33.0 Å². The lowest BCUT2D eigenvalue weighted by molar-refractivity contribution is -0.276. The summed E-state index contributed by atoms with van der Waals surface area (Å²) >= 11 is 17.2. The third kappa shape index (κ3) is 8.24. The molecule has 0 unspecified atom stereocenters. The first-order valence-corrected chi connectivity index (χ1v) is 17.7. The van der Waals surface area contributed by atoms with Crippen molar-refractivity contribution in [3.05, 3.63) is 118 Å². The molecule has 0 radical (unpaired) electrons. The second-order valence-corrected chi connectivity index (χ2v) is 15.0. The zero-order valence-electron chi connectivity index (χ0n) is 28.2. The van der Waals surface area contributed by atoms with E-state index in [1.807, 2.05) is 72.8 Å². The average Bonchev–Trinajstić information content (AvgIpc) is 3.13. The molecule has 0 spiro atoms. The molecule has 4 atom stereocenters. The summed E-state index contributed by atoms with van der Waals surface area (Å²) in [5.74, 6) is 0.846. The number of hydrogen-bond acceptors (Lipinski definition) is 7. The van der Waals surface area contributed by atoms with Gasteiger partial charge in [-0.3, -0.25) is 9.69 Å². The average molecular weight is 740 g/mol. The van der Waals surface area contributed by atoms with Crippen LogP contribution < -0.4 is 14.8 Å². The summed E-state index contributed by atoms with van der Waals surface area (Å²) < 4.78 is 22.6. The third-order valence-electron chi connectivity index (χ3n) is 9.57. The highest BCUT2D eigenvalue weighted by Crippen LogP contribution is 2.43. The first-order chi connectivity index (χ1) is 24.1. The topological polar surface area (TPSA) is 89.5 Å². The normalized spacial score (nSPS) is 20.9. The van der Waals surface area contributed by atoms with E-state index in [0.29, 0.717) is 0 Å². The number of amides is 1. The Balaban J connectivity index is 1.23. The van der Waals surface area contributed by atoms with Crippen molar-refractivity contribution in [1.82, 2.24) is 10.2 Å². The fourth-order valence-electron chi connectivity index (χ4n) is 6.73. The van der Waals surface area contributed by atoms with E-state index in [9.17, 15) is 9.90 Å². The molecule has 2 aliphatic heterocycles. The van der Waals surface area contributed by atoms with Gasteiger partial charge in [0.25, 0.3) is 9.70 Å². The van der Waals surface area contributed by atoms with Crippen LogP contribution in [-0.2, 0) is 40.4 Å². The molecule has 1 fully saturated rings. The van der Waals surface area contributed by atoms with Gasteiger partial charge in [0.1, 0.15) is 0 Å². The van der Waals surface area contributed by atoms with Gasteiger partial charge >= 0.3 is 0 Å². The molecule has 2 N–H and O–H groups in total. The molecule has 6 rings (SSSR count). The number of alkyl halides is 3. The Morgan fingerprint density at radius 3 is 2.24 bits per heavy atom. The molecule has 264 valence electrons. The standard InChI is InChI=1S/C39H41Cl3N2O6/c1-24-35(22-44-17-16-29-18-33(47-2)34(48-3)19-31(29)21-44)49-37(50-36(24)27-10-8-25(23-45)9-11-27)28-14-12-26(13-15-28)32-7-5-4-6-30(32)20-43-38(46)39(40,41)42/h4-15,18-19,24,35-37,45H,16-17,20-23H2,1-3H3,(H,43,46)/t24-,35+,36+,37+/m1/s1. The van der Waals surface area contributed by atoms with Gasteiger partial charge in [-0.1, -0.05) is 115 Å². The largest absolute Gasteiger partial charge is 0.493 e. The van der Waals surface area contributed by atoms with Gasteiger partial charge in [0.2, 0.25) is 0 Å². The number of aliphatic hydroxyl groups excluding tert-OH is 1. The molecular weight excluding hydrogens is 699 g/mol. The molecule has 8 nitrogen and oxygen atoms in total. The SMILES string of the molecule is COc1cc2c(cc1OC)CN(C[C@@H]1O[C@H](c3ccc(-c4ccccc4CNC(=O)C(Cl)(Cl)Cl)cc3)O[C@H](c3ccc(CO)cc3)[C@@H]1C)CC2. The molecule has 11 heteroatoms. The molecule has 0 aromatic heterocycles. The van der Waals surface area contributed by atoms with Crippen molar-refractivity contribution < 1.29 is 28.8 Å². The zero-order valence-corrected chi connectivity index (χ0v) is 30.5. The molecule has 1 saturated heterocycles. The van der Waals surface area contributed by atoms with Crippen LogP contribution in [0.3, 0.4) is 0 Å². The number of fused-ring (bicyclic) bond motifs is 1. The molecule has 4 aromatic rings. The minimum atomic E-state index is -2.04. The molecule has 2 aliphatic rings. The van der Waals surface area contributed by atoms with E-state index in [2.05, 4.69) is 29.3 Å². The van der Waals surface area contributed by atoms with Gasteiger partial charge in [0.15, 0.2) is 17.8 Å². The molecule has 0 aliphatic carbocycles. The second kappa shape index (κ2) is 15.9. The summed E-state index contributed by atoms with van der Waals surface area (Å²) in [4.78, 5) is 14.6. The Labute approximate surface area is 308 Å². The highest BCUT2D eigenvalue weighted by molar-refractivity contribution is 6.76. The Morgan fingerprint density at radius 1 is 0.920 bits per heavy atom. The van der Waals surface area contributed by atoms with Crippen LogP contribution in [0.1, 0.15) is 52.7 Å². The van der Waals surface area contributed by atoms with Crippen LogP contribution >= 0.6 is 34.8 Å². The number of rotatable bonds is 10. The monoisotopic (exact) mass is 738 g/mol. The van der Waals surface area contributed by atoms with E-state index in [1.165, 1.54) is 11.1 Å². The Bertz CT molecular complexity index is 1780. The molecular formula is C39H41Cl3N2O6. The first kappa shape index (κ1) is 36.5. The summed E-state index contributed by atoms with van der Waals surface area (Å²) in [6.07, 6.45) is -0.0531. The van der Waals surface area contributed by atoms with Crippen LogP contribution in [0.5, 0.6) is 11.5 Å². The first-order valence-electron chi connectivity index (χ1n) is 16.6. The number of nitrogens with zero attached hydrogens (tertiary/aromatic N) is 1. The molecule has 1 amide bonds. The number of methoxy groups -OCH3 is 2. The molecule has 0 saturated carbocycles. The summed E-state index contributed by atoms with van der Waals surface area (Å²) in [5, 5.41) is 12.3. The summed E-state index contributed by atoms with van der Waals surface area (Å²) in [7, 11) is 3.33. The fourth-order valence-corrected chi connectivity index (χ4v) is 6.93. The minimum Gasteiger partial charge on any atom is -0.493 e. The number of benzene rings is 4. The summed E-state index contributed by atoms with van der Waals surface area (Å²) in [6, 6.07) is 28.0. The van der Waals surface area contributed by atoms with Crippen molar-refractivity contribution in [2.45, 2.75) is 55.3 Å². The molecule has 0 bridgehead atoms. The van der Waals surface area contributed by atoms with Gasteiger partial charge in [-0.05, 0) is 57.5 Å². The number of carbonyl (C=O) groups is 1. The Hall–Kier alpha value is -3.34. The number of aliphatic hydroxyl groups is 1.